The maximum absolute atomic E-state index is 13.1. The number of hydrogen-bond donors (Lipinski definition) is 0. The second-order valence-electron chi connectivity index (χ2n) is 5.13. The first kappa shape index (κ1) is 15.9. The number of rotatable bonds is 3. The van der Waals surface area contributed by atoms with Crippen molar-refractivity contribution in [2.45, 2.75) is 24.4 Å². The van der Waals surface area contributed by atoms with Crippen molar-refractivity contribution in [2.75, 3.05) is 13.3 Å². The van der Waals surface area contributed by atoms with Gasteiger partial charge in [0, 0.05) is 11.9 Å². The number of halogens is 3. The minimum Gasteiger partial charge on any atom is -0.272 e. The Hall–Kier alpha value is -1.50. The highest BCUT2D eigenvalue weighted by atomic mass is 32.2. The summed E-state index contributed by atoms with van der Waals surface area (Å²) in [6.45, 7) is 1.30. The van der Waals surface area contributed by atoms with Crippen LogP contribution >= 0.6 is 11.8 Å². The van der Waals surface area contributed by atoms with E-state index in [1.165, 1.54) is 14.0 Å². The van der Waals surface area contributed by atoms with Crippen LogP contribution in [0.15, 0.2) is 34.3 Å². The Morgan fingerprint density at radius 1 is 1.29 bits per heavy atom. The van der Waals surface area contributed by atoms with Crippen molar-refractivity contribution >= 4 is 23.4 Å². The van der Waals surface area contributed by atoms with Gasteiger partial charge in [-0.05, 0) is 37.3 Å². The maximum atomic E-state index is 13.1. The van der Waals surface area contributed by atoms with Gasteiger partial charge in [-0.2, -0.15) is 18.3 Å². The molecule has 1 aromatic rings. The molecule has 1 unspecified atom stereocenters. The third-order valence-corrected chi connectivity index (χ3v) is 4.27. The van der Waals surface area contributed by atoms with E-state index in [4.69, 9.17) is 0 Å². The topological polar surface area (TPSA) is 32.7 Å². The van der Waals surface area contributed by atoms with Gasteiger partial charge in [0.25, 0.3) is 5.91 Å². The van der Waals surface area contributed by atoms with E-state index in [0.717, 1.165) is 9.90 Å². The molecule has 2 rings (SSSR count). The molecular weight excluding hydrogens is 301 g/mol. The fourth-order valence-corrected chi connectivity index (χ4v) is 2.85. The summed E-state index contributed by atoms with van der Waals surface area (Å²) in [5.41, 5.74) is -2.03. The lowest BCUT2D eigenvalue weighted by Gasteiger charge is -2.25. The summed E-state index contributed by atoms with van der Waals surface area (Å²) in [6.07, 6.45) is -2.72. The Labute approximate surface area is 125 Å². The van der Waals surface area contributed by atoms with Crippen LogP contribution in [0.4, 0.5) is 13.2 Å². The fraction of sp³-hybridized carbons (Fsp3) is 0.429. The van der Waals surface area contributed by atoms with Crippen LogP contribution in [0.5, 0.6) is 0 Å². The Morgan fingerprint density at radius 3 is 2.33 bits per heavy atom. The molecule has 1 aliphatic heterocycles. The second kappa shape index (κ2) is 5.36. The standard InChI is InChI=1S/C14H15F3N2OS/c1-13(8-9-4-6-10(21-3)7-5-9)11(14(15,16)17)18-19(2)12(13)20/h4-7H,8H2,1-3H3. The number of thioether (sulfide) groups is 1. The molecule has 1 heterocycles. The molecule has 0 fully saturated rings. The van der Waals surface area contributed by atoms with E-state index >= 15 is 0 Å². The molecule has 114 valence electrons. The van der Waals surface area contributed by atoms with Crippen molar-refractivity contribution in [3.8, 4) is 0 Å². The normalized spacial score (nSPS) is 22.7. The summed E-state index contributed by atoms with van der Waals surface area (Å²) in [5, 5.41) is 4.17. The second-order valence-corrected chi connectivity index (χ2v) is 6.01. The van der Waals surface area contributed by atoms with Gasteiger partial charge in [0.2, 0.25) is 0 Å². The van der Waals surface area contributed by atoms with Crippen LogP contribution in [0.25, 0.3) is 0 Å². The van der Waals surface area contributed by atoms with Gasteiger partial charge in [0.05, 0.1) is 0 Å². The van der Waals surface area contributed by atoms with E-state index in [0.29, 0.717) is 5.56 Å². The van der Waals surface area contributed by atoms with E-state index in [1.807, 2.05) is 18.4 Å². The zero-order valence-corrected chi connectivity index (χ0v) is 12.7. The number of nitrogens with zero attached hydrogens (tertiary/aromatic N) is 2. The summed E-state index contributed by atoms with van der Waals surface area (Å²) < 4.78 is 39.3. The van der Waals surface area contributed by atoms with Gasteiger partial charge in [0.1, 0.15) is 5.41 Å². The summed E-state index contributed by atoms with van der Waals surface area (Å²) in [4.78, 5) is 13.1. The van der Waals surface area contributed by atoms with Crippen molar-refractivity contribution < 1.29 is 18.0 Å². The third kappa shape index (κ3) is 2.92. The Morgan fingerprint density at radius 2 is 1.86 bits per heavy atom. The molecule has 1 amide bonds. The molecule has 1 atom stereocenters. The molecule has 7 heteroatoms. The van der Waals surface area contributed by atoms with Crippen LogP contribution in [0.1, 0.15) is 12.5 Å². The highest BCUT2D eigenvalue weighted by molar-refractivity contribution is 7.98. The molecule has 0 N–H and O–H groups in total. The molecular formula is C14H15F3N2OS. The van der Waals surface area contributed by atoms with Crippen LogP contribution in [-0.4, -0.2) is 36.1 Å². The molecule has 0 saturated carbocycles. The lowest BCUT2D eigenvalue weighted by atomic mass is 9.78. The van der Waals surface area contributed by atoms with E-state index in [1.54, 1.807) is 23.9 Å². The van der Waals surface area contributed by atoms with E-state index in [9.17, 15) is 18.0 Å². The summed E-state index contributed by atoms with van der Waals surface area (Å²) in [5.74, 6) is -0.635. The Balaban J connectivity index is 2.34. The van der Waals surface area contributed by atoms with Gasteiger partial charge in [-0.3, -0.25) is 4.79 Å². The number of carbonyl (C=O) groups excluding carboxylic acids is 1. The van der Waals surface area contributed by atoms with Crippen LogP contribution in [0.2, 0.25) is 0 Å². The Bertz CT molecular complexity index is 583. The van der Waals surface area contributed by atoms with Crippen molar-refractivity contribution in [2.24, 2.45) is 10.5 Å². The minimum absolute atomic E-state index is 0.0246. The summed E-state index contributed by atoms with van der Waals surface area (Å²) in [7, 11) is 1.25. The SMILES string of the molecule is CSc1ccc(CC2(C)C(=O)N(C)N=C2C(F)(F)F)cc1. The molecule has 0 saturated heterocycles. The fourth-order valence-electron chi connectivity index (χ4n) is 2.44. The zero-order chi connectivity index (χ0) is 15.8. The van der Waals surface area contributed by atoms with E-state index in [-0.39, 0.29) is 6.42 Å². The number of carbonyl (C=O) groups is 1. The molecule has 1 aromatic carbocycles. The van der Waals surface area contributed by atoms with Gasteiger partial charge < -0.3 is 0 Å². The summed E-state index contributed by atoms with van der Waals surface area (Å²) in [6, 6.07) is 7.15. The Kier molecular flexibility index (Phi) is 4.06. The van der Waals surface area contributed by atoms with Gasteiger partial charge in [-0.1, -0.05) is 12.1 Å². The first-order chi connectivity index (χ1) is 9.68. The average Bonchev–Trinajstić information content (AvgIpc) is 2.64. The third-order valence-electron chi connectivity index (χ3n) is 3.52. The quantitative estimate of drug-likeness (QED) is 0.801. The molecule has 0 radical (unpaired) electrons. The van der Waals surface area contributed by atoms with Gasteiger partial charge in [-0.25, -0.2) is 5.01 Å². The molecule has 0 aliphatic carbocycles. The van der Waals surface area contributed by atoms with E-state index < -0.39 is 23.2 Å². The zero-order valence-electron chi connectivity index (χ0n) is 11.9. The smallest absolute Gasteiger partial charge is 0.272 e. The van der Waals surface area contributed by atoms with Crippen molar-refractivity contribution in [3.05, 3.63) is 29.8 Å². The molecule has 0 aromatic heterocycles. The molecule has 0 bridgehead atoms. The van der Waals surface area contributed by atoms with Crippen LogP contribution in [-0.2, 0) is 11.2 Å². The van der Waals surface area contributed by atoms with Crippen molar-refractivity contribution in [1.29, 1.82) is 0 Å². The van der Waals surface area contributed by atoms with Gasteiger partial charge >= 0.3 is 6.18 Å². The predicted molar refractivity (Wildman–Crippen MR) is 76.3 cm³/mol. The first-order valence-electron chi connectivity index (χ1n) is 6.26. The van der Waals surface area contributed by atoms with Crippen molar-refractivity contribution in [3.63, 3.8) is 0 Å². The molecule has 3 nitrogen and oxygen atoms in total. The molecule has 0 spiro atoms. The largest absolute Gasteiger partial charge is 0.432 e. The lowest BCUT2D eigenvalue weighted by molar-refractivity contribution is -0.135. The number of alkyl halides is 3. The van der Waals surface area contributed by atoms with Crippen LogP contribution < -0.4 is 0 Å². The van der Waals surface area contributed by atoms with Crippen LogP contribution in [0, 0.1) is 5.41 Å². The number of hydrazone groups is 1. The molecule has 21 heavy (non-hydrogen) atoms. The number of hydrogen-bond acceptors (Lipinski definition) is 3. The van der Waals surface area contributed by atoms with Gasteiger partial charge in [-0.15, -0.1) is 11.8 Å². The monoisotopic (exact) mass is 316 g/mol. The lowest BCUT2D eigenvalue weighted by Crippen LogP contribution is -2.43. The minimum atomic E-state index is -4.62. The highest BCUT2D eigenvalue weighted by Gasteiger charge is 2.56. The highest BCUT2D eigenvalue weighted by Crippen LogP contribution is 2.39. The van der Waals surface area contributed by atoms with Crippen LogP contribution in [0.3, 0.4) is 0 Å². The number of benzene rings is 1. The number of amides is 1. The van der Waals surface area contributed by atoms with Gasteiger partial charge in [0.15, 0.2) is 5.71 Å². The van der Waals surface area contributed by atoms with E-state index in [2.05, 4.69) is 5.10 Å². The first-order valence-corrected chi connectivity index (χ1v) is 7.48. The summed E-state index contributed by atoms with van der Waals surface area (Å²) >= 11 is 1.55. The average molecular weight is 316 g/mol. The predicted octanol–water partition coefficient (Wildman–Crippen LogP) is 3.35. The molecule has 1 aliphatic rings. The maximum Gasteiger partial charge on any atom is 0.432 e. The van der Waals surface area contributed by atoms with Crippen molar-refractivity contribution in [1.82, 2.24) is 5.01 Å².